The van der Waals surface area contributed by atoms with Crippen LogP contribution in [0.5, 0.6) is 0 Å². The average Bonchev–Trinajstić information content (AvgIpc) is 2.46. The first-order chi connectivity index (χ1) is 9.65. The van der Waals surface area contributed by atoms with Gasteiger partial charge in [-0.1, -0.05) is 59.6 Å². The second-order valence-electron chi connectivity index (χ2n) is 4.44. The first-order valence-corrected chi connectivity index (χ1v) is 6.68. The van der Waals surface area contributed by atoms with Crippen LogP contribution in [-0.2, 0) is 16.1 Å². The van der Waals surface area contributed by atoms with Gasteiger partial charge in [-0.2, -0.15) is 0 Å². The Kier molecular flexibility index (Phi) is 4.97. The maximum atomic E-state index is 11.6. The highest BCUT2D eigenvalue weighted by Gasteiger charge is 2.02. The maximum absolute atomic E-state index is 11.6. The van der Waals surface area contributed by atoms with E-state index < -0.39 is 0 Å². The van der Waals surface area contributed by atoms with Gasteiger partial charge in [0.1, 0.15) is 6.61 Å². The van der Waals surface area contributed by atoms with Gasteiger partial charge in [0.05, 0.1) is 0 Å². The minimum absolute atomic E-state index is 0.177. The molecule has 0 spiro atoms. The Morgan fingerprint density at radius 2 is 1.85 bits per heavy atom. The third-order valence-corrected chi connectivity index (χ3v) is 3.19. The summed E-state index contributed by atoms with van der Waals surface area (Å²) in [6, 6.07) is 15.2. The molecule has 2 aromatic rings. The van der Waals surface area contributed by atoms with Crippen molar-refractivity contribution in [1.29, 1.82) is 0 Å². The molecule has 0 aliphatic rings. The summed E-state index contributed by atoms with van der Waals surface area (Å²) < 4.78 is 5.14. The molecular formula is C17H15ClO2. The number of benzene rings is 2. The van der Waals surface area contributed by atoms with Crippen LogP contribution < -0.4 is 0 Å². The minimum Gasteiger partial charge on any atom is -0.458 e. The van der Waals surface area contributed by atoms with Crippen molar-refractivity contribution in [2.75, 3.05) is 0 Å². The maximum Gasteiger partial charge on any atom is 0.331 e. The number of rotatable bonds is 4. The zero-order chi connectivity index (χ0) is 14.4. The van der Waals surface area contributed by atoms with E-state index in [0.29, 0.717) is 5.02 Å². The molecule has 0 unspecified atom stereocenters. The van der Waals surface area contributed by atoms with E-state index in [1.165, 1.54) is 11.6 Å². The van der Waals surface area contributed by atoms with Crippen LogP contribution in [0, 0.1) is 6.92 Å². The molecule has 2 nitrogen and oxygen atoms in total. The number of carbonyl (C=O) groups excluding carboxylic acids is 1. The molecule has 0 bridgehead atoms. The van der Waals surface area contributed by atoms with Gasteiger partial charge in [0.15, 0.2) is 0 Å². The van der Waals surface area contributed by atoms with Crippen LogP contribution >= 0.6 is 11.6 Å². The fourth-order valence-electron chi connectivity index (χ4n) is 1.65. The van der Waals surface area contributed by atoms with Gasteiger partial charge in [0.25, 0.3) is 0 Å². The number of hydrogen-bond acceptors (Lipinski definition) is 2. The molecule has 0 amide bonds. The van der Waals surface area contributed by atoms with E-state index in [0.717, 1.165) is 11.1 Å². The summed E-state index contributed by atoms with van der Waals surface area (Å²) in [5, 5.41) is 0.600. The number of esters is 1. The Hall–Kier alpha value is -2.06. The van der Waals surface area contributed by atoms with Crippen molar-refractivity contribution >= 4 is 23.6 Å². The largest absolute Gasteiger partial charge is 0.458 e. The molecule has 0 atom stereocenters. The lowest BCUT2D eigenvalue weighted by Gasteiger charge is -2.04. The van der Waals surface area contributed by atoms with Crippen molar-refractivity contribution in [1.82, 2.24) is 0 Å². The first kappa shape index (κ1) is 14.4. The molecule has 2 rings (SSSR count). The number of ether oxygens (including phenoxy) is 1. The monoisotopic (exact) mass is 286 g/mol. The highest BCUT2D eigenvalue weighted by Crippen LogP contribution is 2.15. The number of hydrogen-bond donors (Lipinski definition) is 0. The topological polar surface area (TPSA) is 26.3 Å². The molecule has 0 fully saturated rings. The summed E-state index contributed by atoms with van der Waals surface area (Å²) >= 11 is 5.99. The van der Waals surface area contributed by atoms with Crippen LogP contribution in [0.1, 0.15) is 16.7 Å². The van der Waals surface area contributed by atoms with E-state index in [4.69, 9.17) is 16.3 Å². The van der Waals surface area contributed by atoms with Crippen molar-refractivity contribution in [3.8, 4) is 0 Å². The fraction of sp³-hybridized carbons (Fsp3) is 0.118. The standard InChI is InChI=1S/C17H15ClO2/c1-13-6-8-14(9-7-13)10-11-17(19)20-12-15-4-2-3-5-16(15)18/h2-11H,12H2,1H3/b11-10+. The third-order valence-electron chi connectivity index (χ3n) is 2.82. The van der Waals surface area contributed by atoms with Crippen molar-refractivity contribution in [3.63, 3.8) is 0 Å². The van der Waals surface area contributed by atoms with Gasteiger partial charge in [0.2, 0.25) is 0 Å². The molecule has 0 aromatic heterocycles. The highest BCUT2D eigenvalue weighted by molar-refractivity contribution is 6.31. The Balaban J connectivity index is 1.90. The number of aryl methyl sites for hydroxylation is 1. The van der Waals surface area contributed by atoms with Gasteiger partial charge in [-0.05, 0) is 24.6 Å². The zero-order valence-electron chi connectivity index (χ0n) is 11.2. The van der Waals surface area contributed by atoms with Gasteiger partial charge < -0.3 is 4.74 Å². The summed E-state index contributed by atoms with van der Waals surface area (Å²) in [6.07, 6.45) is 3.15. The number of halogens is 1. The Bertz CT molecular complexity index is 615. The van der Waals surface area contributed by atoms with Gasteiger partial charge >= 0.3 is 5.97 Å². The normalized spacial score (nSPS) is 10.7. The van der Waals surface area contributed by atoms with Gasteiger partial charge in [-0.15, -0.1) is 0 Å². The van der Waals surface area contributed by atoms with Crippen LogP contribution in [-0.4, -0.2) is 5.97 Å². The predicted molar refractivity (Wildman–Crippen MR) is 81.5 cm³/mol. The summed E-state index contributed by atoms with van der Waals surface area (Å²) in [4.78, 5) is 11.6. The van der Waals surface area contributed by atoms with Gasteiger partial charge in [0, 0.05) is 16.7 Å². The fourth-order valence-corrected chi connectivity index (χ4v) is 1.84. The van der Waals surface area contributed by atoms with Gasteiger partial charge in [-0.25, -0.2) is 4.79 Å². The average molecular weight is 287 g/mol. The predicted octanol–water partition coefficient (Wildman–Crippen LogP) is 4.41. The summed E-state index contributed by atoms with van der Waals surface area (Å²) in [6.45, 7) is 2.20. The second kappa shape index (κ2) is 6.92. The molecule has 3 heteroatoms. The van der Waals surface area contributed by atoms with E-state index in [-0.39, 0.29) is 12.6 Å². The minimum atomic E-state index is -0.384. The smallest absolute Gasteiger partial charge is 0.331 e. The van der Waals surface area contributed by atoms with E-state index >= 15 is 0 Å². The molecule has 20 heavy (non-hydrogen) atoms. The lowest BCUT2D eigenvalue weighted by Crippen LogP contribution is -2.01. The van der Waals surface area contributed by atoms with E-state index in [2.05, 4.69) is 0 Å². The summed E-state index contributed by atoms with van der Waals surface area (Å²) in [7, 11) is 0. The van der Waals surface area contributed by atoms with Crippen molar-refractivity contribution in [2.45, 2.75) is 13.5 Å². The quantitative estimate of drug-likeness (QED) is 0.615. The molecule has 102 valence electrons. The van der Waals surface area contributed by atoms with Crippen LogP contribution in [0.15, 0.2) is 54.6 Å². The zero-order valence-corrected chi connectivity index (χ0v) is 11.9. The van der Waals surface area contributed by atoms with Crippen molar-refractivity contribution in [2.24, 2.45) is 0 Å². The number of carbonyl (C=O) groups is 1. The van der Waals surface area contributed by atoms with Crippen LogP contribution in [0.3, 0.4) is 0 Å². The molecular weight excluding hydrogens is 272 g/mol. The van der Waals surface area contributed by atoms with Gasteiger partial charge in [-0.3, -0.25) is 0 Å². The lowest BCUT2D eigenvalue weighted by molar-refractivity contribution is -0.138. The third kappa shape index (κ3) is 4.25. The van der Waals surface area contributed by atoms with Crippen molar-refractivity contribution < 1.29 is 9.53 Å². The van der Waals surface area contributed by atoms with Crippen LogP contribution in [0.25, 0.3) is 6.08 Å². The second-order valence-corrected chi connectivity index (χ2v) is 4.85. The molecule has 0 N–H and O–H groups in total. The van der Waals surface area contributed by atoms with E-state index in [1.807, 2.05) is 49.4 Å². The molecule has 0 aliphatic heterocycles. The highest BCUT2D eigenvalue weighted by atomic mass is 35.5. The molecule has 0 radical (unpaired) electrons. The van der Waals surface area contributed by atoms with E-state index in [1.54, 1.807) is 12.1 Å². The van der Waals surface area contributed by atoms with Crippen LogP contribution in [0.2, 0.25) is 5.02 Å². The lowest BCUT2D eigenvalue weighted by atomic mass is 10.1. The Morgan fingerprint density at radius 1 is 1.15 bits per heavy atom. The van der Waals surface area contributed by atoms with Crippen LogP contribution in [0.4, 0.5) is 0 Å². The Morgan fingerprint density at radius 3 is 2.55 bits per heavy atom. The summed E-state index contributed by atoms with van der Waals surface area (Å²) in [5.41, 5.74) is 2.94. The molecule has 0 heterocycles. The molecule has 0 saturated heterocycles. The SMILES string of the molecule is Cc1ccc(/C=C/C(=O)OCc2ccccc2Cl)cc1. The Labute approximate surface area is 123 Å². The summed E-state index contributed by atoms with van der Waals surface area (Å²) in [5.74, 6) is -0.384. The van der Waals surface area contributed by atoms with Crippen molar-refractivity contribution in [3.05, 3.63) is 76.3 Å². The molecule has 2 aromatic carbocycles. The first-order valence-electron chi connectivity index (χ1n) is 6.30. The molecule has 0 aliphatic carbocycles. The molecule has 0 saturated carbocycles. The van der Waals surface area contributed by atoms with E-state index in [9.17, 15) is 4.79 Å².